The lowest BCUT2D eigenvalue weighted by Crippen LogP contribution is -2.56. The normalized spacial score (nSPS) is 15.4. The molecule has 2 aliphatic rings. The van der Waals surface area contributed by atoms with Crippen LogP contribution in [0.4, 0.5) is 5.69 Å². The lowest BCUT2D eigenvalue weighted by Gasteiger charge is -2.42. The molecule has 0 radical (unpaired) electrons. The summed E-state index contributed by atoms with van der Waals surface area (Å²) in [5.41, 5.74) is 15.0. The Morgan fingerprint density at radius 3 is 2.43 bits per heavy atom. The van der Waals surface area contributed by atoms with Gasteiger partial charge in [0.1, 0.15) is 6.33 Å². The Hall–Kier alpha value is -4.05. The summed E-state index contributed by atoms with van der Waals surface area (Å²) < 4.78 is 2.31. The Kier molecular flexibility index (Phi) is 5.04. The summed E-state index contributed by atoms with van der Waals surface area (Å²) in [5.74, 6) is 0. The van der Waals surface area contributed by atoms with Crippen molar-refractivity contribution in [2.24, 2.45) is 0 Å². The van der Waals surface area contributed by atoms with E-state index in [1.165, 1.54) is 44.3 Å². The fourth-order valence-electron chi connectivity index (χ4n) is 6.08. The zero-order chi connectivity index (χ0) is 26.2. The van der Waals surface area contributed by atoms with Crippen LogP contribution in [0.15, 0.2) is 97.9 Å². The van der Waals surface area contributed by atoms with Gasteiger partial charge in [-0.1, -0.05) is 89.1 Å². The second-order valence-electron chi connectivity index (χ2n) is 11.2. The number of aromatic nitrogens is 2. The Morgan fingerprint density at radius 2 is 1.78 bits per heavy atom. The fourth-order valence-corrected chi connectivity index (χ4v) is 6.08. The molecule has 0 aliphatic carbocycles. The van der Waals surface area contributed by atoms with Crippen molar-refractivity contribution in [1.29, 1.82) is 0 Å². The number of anilines is 1. The van der Waals surface area contributed by atoms with Gasteiger partial charge >= 0.3 is 0 Å². The van der Waals surface area contributed by atoms with E-state index in [0.717, 1.165) is 28.0 Å². The molecule has 4 aromatic rings. The molecule has 0 spiro atoms. The van der Waals surface area contributed by atoms with Crippen molar-refractivity contribution in [1.82, 2.24) is 9.55 Å². The van der Waals surface area contributed by atoms with Gasteiger partial charge in [-0.15, -0.1) is 0 Å². The predicted molar refractivity (Wildman–Crippen MR) is 161 cm³/mol. The van der Waals surface area contributed by atoms with Crippen LogP contribution < -0.4 is 15.8 Å². The molecule has 0 atom stereocenters. The molecular formula is C33H32BN3. The van der Waals surface area contributed by atoms with E-state index in [1.807, 2.05) is 12.4 Å². The molecule has 1 aromatic heterocycles. The smallest absolute Gasteiger partial charge is 0.251 e. The first kappa shape index (κ1) is 23.4. The van der Waals surface area contributed by atoms with Crippen LogP contribution in [-0.2, 0) is 5.41 Å². The molecule has 3 aromatic carbocycles. The number of nitrogens with zero attached hydrogens (tertiary/aromatic N) is 3. The molecule has 6 rings (SSSR count). The minimum Gasteiger partial charge on any atom is -0.345 e. The second kappa shape index (κ2) is 7.98. The molecule has 2 aliphatic heterocycles. The maximum atomic E-state index is 4.95. The zero-order valence-electron chi connectivity index (χ0n) is 22.4. The van der Waals surface area contributed by atoms with Crippen LogP contribution in [0.3, 0.4) is 0 Å². The minimum atomic E-state index is 0.00428. The quantitative estimate of drug-likeness (QED) is 0.244. The molecule has 0 bridgehead atoms. The van der Waals surface area contributed by atoms with Crippen LogP contribution in [0.25, 0.3) is 33.4 Å². The van der Waals surface area contributed by atoms with Gasteiger partial charge in [-0.05, 0) is 57.6 Å². The molecule has 0 fully saturated rings. The van der Waals surface area contributed by atoms with Crippen molar-refractivity contribution >= 4 is 39.9 Å². The maximum Gasteiger partial charge on any atom is 0.251 e. The van der Waals surface area contributed by atoms with Crippen molar-refractivity contribution in [2.75, 3.05) is 11.9 Å². The number of imidazole rings is 1. The number of fused-ring (bicyclic) bond motifs is 2. The minimum absolute atomic E-state index is 0.00428. The highest BCUT2D eigenvalue weighted by atomic mass is 15.1. The Bertz CT molecular complexity index is 1680. The van der Waals surface area contributed by atoms with E-state index in [4.69, 9.17) is 4.98 Å². The average Bonchev–Trinajstić information content (AvgIpc) is 3.32. The van der Waals surface area contributed by atoms with Crippen molar-refractivity contribution in [3.8, 4) is 16.8 Å². The summed E-state index contributed by atoms with van der Waals surface area (Å²) in [4.78, 5) is 7.19. The van der Waals surface area contributed by atoms with Crippen LogP contribution >= 0.6 is 0 Å². The Morgan fingerprint density at radius 1 is 1.05 bits per heavy atom. The highest BCUT2D eigenvalue weighted by Crippen LogP contribution is 2.43. The van der Waals surface area contributed by atoms with Crippen molar-refractivity contribution in [2.45, 2.75) is 33.1 Å². The predicted octanol–water partition coefficient (Wildman–Crippen LogP) is 6.56. The summed E-state index contributed by atoms with van der Waals surface area (Å²) in [6, 6.07) is 17.6. The van der Waals surface area contributed by atoms with Gasteiger partial charge in [-0.3, -0.25) is 4.57 Å². The highest BCUT2D eigenvalue weighted by molar-refractivity contribution is 6.96. The van der Waals surface area contributed by atoms with Crippen LogP contribution in [0, 0.1) is 0 Å². The summed E-state index contributed by atoms with van der Waals surface area (Å²) in [6.07, 6.45) is 6.09. The first-order valence-corrected chi connectivity index (χ1v) is 12.9. The Balaban J connectivity index is 1.86. The molecule has 3 heterocycles. The average molecular weight is 481 g/mol. The van der Waals surface area contributed by atoms with E-state index in [-0.39, 0.29) is 12.1 Å². The number of rotatable bonds is 3. The SMILES string of the molecule is C=CC(=C)c1cc(-c2ccccc2)c2c3c1N(C)C(=C)/C(=C\C)B3c1cc(C(C)(C)C)cc3ncn-2c13. The highest BCUT2D eigenvalue weighted by Gasteiger charge is 2.44. The molecule has 37 heavy (non-hydrogen) atoms. The van der Waals surface area contributed by atoms with E-state index >= 15 is 0 Å². The Labute approximate surface area is 220 Å². The van der Waals surface area contributed by atoms with E-state index in [1.54, 1.807) is 0 Å². The van der Waals surface area contributed by atoms with Gasteiger partial charge < -0.3 is 4.90 Å². The first-order valence-electron chi connectivity index (χ1n) is 12.9. The van der Waals surface area contributed by atoms with Gasteiger partial charge in [0.05, 0.1) is 16.7 Å². The largest absolute Gasteiger partial charge is 0.345 e. The summed E-state index contributed by atoms with van der Waals surface area (Å²) in [5, 5.41) is 0. The van der Waals surface area contributed by atoms with Crippen LogP contribution in [-0.4, -0.2) is 23.3 Å². The summed E-state index contributed by atoms with van der Waals surface area (Å²) >= 11 is 0. The van der Waals surface area contributed by atoms with Crippen molar-refractivity contribution < 1.29 is 0 Å². The molecule has 4 heteroatoms. The van der Waals surface area contributed by atoms with Gasteiger partial charge in [0.2, 0.25) is 0 Å². The van der Waals surface area contributed by atoms with Crippen LogP contribution in [0.5, 0.6) is 0 Å². The maximum absolute atomic E-state index is 4.95. The third kappa shape index (κ3) is 3.18. The molecule has 0 amide bonds. The third-order valence-corrected chi connectivity index (χ3v) is 8.06. The first-order chi connectivity index (χ1) is 17.7. The van der Waals surface area contributed by atoms with Crippen LogP contribution in [0.2, 0.25) is 0 Å². The topological polar surface area (TPSA) is 21.1 Å². The van der Waals surface area contributed by atoms with Crippen molar-refractivity contribution in [3.05, 3.63) is 109 Å². The monoisotopic (exact) mass is 481 g/mol. The number of hydrogen-bond donors (Lipinski definition) is 0. The van der Waals surface area contributed by atoms with Crippen molar-refractivity contribution in [3.63, 3.8) is 0 Å². The lowest BCUT2D eigenvalue weighted by molar-refractivity contribution is 0.591. The number of hydrogen-bond acceptors (Lipinski definition) is 2. The molecular weight excluding hydrogens is 449 g/mol. The molecule has 3 nitrogen and oxygen atoms in total. The number of allylic oxidation sites excluding steroid dienone is 4. The lowest BCUT2D eigenvalue weighted by atomic mass is 9.32. The van der Waals surface area contributed by atoms with Crippen LogP contribution in [0.1, 0.15) is 38.8 Å². The van der Waals surface area contributed by atoms with Gasteiger partial charge in [0, 0.05) is 29.6 Å². The van der Waals surface area contributed by atoms with E-state index in [9.17, 15) is 0 Å². The summed E-state index contributed by atoms with van der Waals surface area (Å²) in [7, 11) is 2.12. The third-order valence-electron chi connectivity index (χ3n) is 8.06. The number of likely N-dealkylation sites (N-methyl/N-ethyl adjacent to an activating group) is 1. The van der Waals surface area contributed by atoms with Gasteiger partial charge in [-0.25, -0.2) is 4.98 Å². The molecule has 0 N–H and O–H groups in total. The molecule has 182 valence electrons. The van der Waals surface area contributed by atoms with E-state index in [0.29, 0.717) is 0 Å². The van der Waals surface area contributed by atoms with E-state index < -0.39 is 0 Å². The second-order valence-corrected chi connectivity index (χ2v) is 11.2. The van der Waals surface area contributed by atoms with Gasteiger partial charge in [0.25, 0.3) is 6.71 Å². The van der Waals surface area contributed by atoms with Gasteiger partial charge in [-0.2, -0.15) is 0 Å². The number of benzene rings is 3. The summed E-state index contributed by atoms with van der Waals surface area (Å²) in [6.45, 7) is 22.0. The molecule has 0 saturated heterocycles. The molecule has 0 unspecified atom stereocenters. The molecule has 0 saturated carbocycles. The van der Waals surface area contributed by atoms with E-state index in [2.05, 4.69) is 119 Å². The van der Waals surface area contributed by atoms with Gasteiger partial charge in [0.15, 0.2) is 0 Å². The fraction of sp³-hybridized carbons (Fsp3) is 0.182. The standard InChI is InChI=1S/C33H32BN3/c1-9-20(3)24-18-25(22-14-12-11-13-15-22)31-29-30(24)36(8)21(4)26(10-2)34(29)27-16-23(33(5,6)7)17-28-32(27)37(31)19-35-28/h9-19H,1,3-4H2,2,5-8H3/b26-10+. The zero-order valence-corrected chi connectivity index (χ0v) is 22.4.